The van der Waals surface area contributed by atoms with Crippen LogP contribution in [0.2, 0.25) is 0 Å². The van der Waals surface area contributed by atoms with Gasteiger partial charge >= 0.3 is 5.97 Å². The van der Waals surface area contributed by atoms with Gasteiger partial charge in [0.2, 0.25) is 0 Å². The molecule has 1 aromatic carbocycles. The van der Waals surface area contributed by atoms with E-state index in [0.29, 0.717) is 19.7 Å². The Labute approximate surface area is 195 Å². The molecule has 1 aromatic rings. The predicted molar refractivity (Wildman–Crippen MR) is 127 cm³/mol. The first-order valence-corrected chi connectivity index (χ1v) is 10.3. The number of halogens is 1. The molecule has 0 bridgehead atoms. The van der Waals surface area contributed by atoms with Crippen LogP contribution in [0, 0.1) is 5.92 Å². The number of likely N-dealkylation sites (tertiary alicyclic amines) is 1. The number of piperidine rings is 1. The van der Waals surface area contributed by atoms with Gasteiger partial charge in [0.05, 0.1) is 18.2 Å². The van der Waals surface area contributed by atoms with Crippen LogP contribution in [0.1, 0.15) is 26.2 Å². The van der Waals surface area contributed by atoms with Gasteiger partial charge in [0.15, 0.2) is 12.6 Å². The summed E-state index contributed by atoms with van der Waals surface area (Å²) < 4.78 is 10.6. The number of carbonyl (C=O) groups excluding carboxylic acids is 2. The maximum atomic E-state index is 12.2. The average Bonchev–Trinajstić information content (AvgIpc) is 2.75. The molecule has 0 aromatic heterocycles. The summed E-state index contributed by atoms with van der Waals surface area (Å²) in [6.07, 6.45) is 2.34. The Bertz CT molecular complexity index is 750. The lowest BCUT2D eigenvalue weighted by Gasteiger charge is -2.33. The molecule has 30 heavy (non-hydrogen) atoms. The van der Waals surface area contributed by atoms with E-state index in [1.807, 2.05) is 31.2 Å². The van der Waals surface area contributed by atoms with Crippen molar-refractivity contribution in [3.8, 4) is 5.75 Å². The zero-order valence-electron chi connectivity index (χ0n) is 17.6. The maximum Gasteiger partial charge on any atom is 0.309 e. The summed E-state index contributed by atoms with van der Waals surface area (Å²) in [5, 5.41) is 3.38. The molecule has 8 nitrogen and oxygen atoms in total. The number of aliphatic imine (C=N–C) groups is 1. The number of esters is 1. The van der Waals surface area contributed by atoms with Crippen LogP contribution in [0.4, 0.5) is 5.69 Å². The SMILES string of the molecule is CCOC(=O)C1CCN(C(=NC)NCCCN2C(=O)COc3ccccc32)CC1.I. The molecule has 0 aliphatic carbocycles. The van der Waals surface area contributed by atoms with Crippen LogP contribution in [0.15, 0.2) is 29.3 Å². The Morgan fingerprint density at radius 3 is 2.73 bits per heavy atom. The number of guanidine groups is 1. The van der Waals surface area contributed by atoms with Crippen LogP contribution in [-0.2, 0) is 14.3 Å². The number of ether oxygens (including phenoxy) is 2. The van der Waals surface area contributed by atoms with Crippen LogP contribution in [0.25, 0.3) is 0 Å². The topological polar surface area (TPSA) is 83.5 Å². The molecule has 0 radical (unpaired) electrons. The van der Waals surface area contributed by atoms with E-state index in [9.17, 15) is 9.59 Å². The second-order valence-corrected chi connectivity index (χ2v) is 7.14. The number of anilines is 1. The van der Waals surface area contributed by atoms with E-state index in [1.165, 1.54) is 0 Å². The van der Waals surface area contributed by atoms with Crippen molar-refractivity contribution >= 4 is 47.5 Å². The number of para-hydroxylation sites is 2. The molecule has 1 fully saturated rings. The molecular formula is C21H31IN4O4. The third-order valence-electron chi connectivity index (χ3n) is 5.28. The number of amides is 1. The number of nitrogens with one attached hydrogen (secondary N) is 1. The minimum atomic E-state index is -0.0921. The molecule has 2 heterocycles. The number of rotatable bonds is 6. The van der Waals surface area contributed by atoms with Crippen molar-refractivity contribution in [1.29, 1.82) is 0 Å². The van der Waals surface area contributed by atoms with E-state index < -0.39 is 0 Å². The van der Waals surface area contributed by atoms with Crippen molar-refractivity contribution < 1.29 is 19.1 Å². The summed E-state index contributed by atoms with van der Waals surface area (Å²) in [7, 11) is 1.77. The van der Waals surface area contributed by atoms with E-state index in [4.69, 9.17) is 9.47 Å². The van der Waals surface area contributed by atoms with E-state index in [-0.39, 0.29) is 48.4 Å². The van der Waals surface area contributed by atoms with Crippen LogP contribution >= 0.6 is 24.0 Å². The largest absolute Gasteiger partial charge is 0.482 e. The minimum Gasteiger partial charge on any atom is -0.482 e. The molecule has 3 rings (SSSR count). The molecule has 0 unspecified atom stereocenters. The van der Waals surface area contributed by atoms with E-state index in [2.05, 4.69) is 15.2 Å². The van der Waals surface area contributed by atoms with Crippen molar-refractivity contribution in [3.05, 3.63) is 24.3 Å². The van der Waals surface area contributed by atoms with Gasteiger partial charge in [0.25, 0.3) is 5.91 Å². The molecule has 9 heteroatoms. The molecule has 1 saturated heterocycles. The van der Waals surface area contributed by atoms with E-state index >= 15 is 0 Å². The van der Waals surface area contributed by atoms with Crippen molar-refractivity contribution in [3.63, 3.8) is 0 Å². The standard InChI is InChI=1S/C21H30N4O4.HI/c1-3-28-20(27)16-9-13-24(14-10-16)21(22-2)23-11-6-12-25-17-7-4-5-8-18(17)29-15-19(25)26;/h4-5,7-8,16H,3,6,9-15H2,1-2H3,(H,22,23);1H. The molecule has 1 N–H and O–H groups in total. The Kier molecular flexibility index (Phi) is 9.67. The smallest absolute Gasteiger partial charge is 0.309 e. The first kappa shape index (κ1) is 24.2. The number of nitrogens with zero attached hydrogens (tertiary/aromatic N) is 3. The summed E-state index contributed by atoms with van der Waals surface area (Å²) in [5.41, 5.74) is 0.828. The molecule has 2 aliphatic rings. The van der Waals surface area contributed by atoms with E-state index in [1.54, 1.807) is 11.9 Å². The first-order valence-electron chi connectivity index (χ1n) is 10.3. The van der Waals surface area contributed by atoms with Gasteiger partial charge in [0, 0.05) is 33.2 Å². The maximum absolute atomic E-state index is 12.2. The normalized spacial score (nSPS) is 17.0. The van der Waals surface area contributed by atoms with Crippen molar-refractivity contribution in [2.45, 2.75) is 26.2 Å². The van der Waals surface area contributed by atoms with Crippen LogP contribution in [-0.4, -0.2) is 69.2 Å². The van der Waals surface area contributed by atoms with Gasteiger partial charge in [-0.15, -0.1) is 24.0 Å². The van der Waals surface area contributed by atoms with Crippen LogP contribution in [0.3, 0.4) is 0 Å². The number of benzene rings is 1. The fourth-order valence-electron chi connectivity index (χ4n) is 3.76. The van der Waals surface area contributed by atoms with Crippen LogP contribution < -0.4 is 15.0 Å². The first-order chi connectivity index (χ1) is 14.1. The quantitative estimate of drug-likeness (QED) is 0.200. The van der Waals surface area contributed by atoms with Gasteiger partial charge in [-0.05, 0) is 38.3 Å². The highest BCUT2D eigenvalue weighted by Gasteiger charge is 2.27. The Morgan fingerprint density at radius 2 is 2.03 bits per heavy atom. The molecular weight excluding hydrogens is 499 g/mol. The highest BCUT2D eigenvalue weighted by Crippen LogP contribution is 2.31. The highest BCUT2D eigenvalue weighted by molar-refractivity contribution is 14.0. The number of carbonyl (C=O) groups is 2. The van der Waals surface area contributed by atoms with Gasteiger partial charge in [-0.3, -0.25) is 14.6 Å². The van der Waals surface area contributed by atoms with Crippen molar-refractivity contribution in [2.75, 3.05) is 51.3 Å². The van der Waals surface area contributed by atoms with Gasteiger partial charge < -0.3 is 24.6 Å². The molecule has 0 saturated carbocycles. The second kappa shape index (κ2) is 12.0. The fourth-order valence-corrected chi connectivity index (χ4v) is 3.76. The summed E-state index contributed by atoms with van der Waals surface area (Å²) >= 11 is 0. The summed E-state index contributed by atoms with van der Waals surface area (Å²) in [4.78, 5) is 32.4. The molecule has 166 valence electrons. The van der Waals surface area contributed by atoms with Gasteiger partial charge in [0.1, 0.15) is 5.75 Å². The number of hydrogen-bond donors (Lipinski definition) is 1. The molecule has 1 amide bonds. The summed E-state index contributed by atoms with van der Waals surface area (Å²) in [5.74, 6) is 1.46. The zero-order chi connectivity index (χ0) is 20.6. The lowest BCUT2D eigenvalue weighted by Crippen LogP contribution is -2.47. The monoisotopic (exact) mass is 530 g/mol. The van der Waals surface area contributed by atoms with Gasteiger partial charge in [-0.2, -0.15) is 0 Å². The second-order valence-electron chi connectivity index (χ2n) is 7.14. The molecule has 0 atom stereocenters. The molecule has 2 aliphatic heterocycles. The highest BCUT2D eigenvalue weighted by atomic mass is 127. The van der Waals surface area contributed by atoms with E-state index in [0.717, 1.165) is 49.7 Å². The van der Waals surface area contributed by atoms with Crippen LogP contribution in [0.5, 0.6) is 5.75 Å². The Balaban J connectivity index is 0.00000320. The average molecular weight is 530 g/mol. The summed E-state index contributed by atoms with van der Waals surface area (Å²) in [6, 6.07) is 7.61. The number of fused-ring (bicyclic) bond motifs is 1. The predicted octanol–water partition coefficient (Wildman–Crippen LogP) is 2.27. The minimum absolute atomic E-state index is 0. The van der Waals surface area contributed by atoms with Crippen molar-refractivity contribution in [1.82, 2.24) is 10.2 Å². The summed E-state index contributed by atoms with van der Waals surface area (Å²) in [6.45, 7) is 5.23. The third kappa shape index (κ3) is 5.99. The fraction of sp³-hybridized carbons (Fsp3) is 0.571. The Morgan fingerprint density at radius 1 is 1.30 bits per heavy atom. The third-order valence-corrected chi connectivity index (χ3v) is 5.28. The molecule has 0 spiro atoms. The van der Waals surface area contributed by atoms with Gasteiger partial charge in [-0.25, -0.2) is 0 Å². The number of hydrogen-bond acceptors (Lipinski definition) is 5. The van der Waals surface area contributed by atoms with Gasteiger partial charge in [-0.1, -0.05) is 12.1 Å². The lowest BCUT2D eigenvalue weighted by molar-refractivity contribution is -0.149. The zero-order valence-corrected chi connectivity index (χ0v) is 20.0. The lowest BCUT2D eigenvalue weighted by atomic mass is 9.97. The Hall–Kier alpha value is -2.04. The van der Waals surface area contributed by atoms with Crippen molar-refractivity contribution in [2.24, 2.45) is 10.9 Å².